The van der Waals surface area contributed by atoms with Crippen molar-refractivity contribution in [2.24, 2.45) is 0 Å². The molecule has 0 bridgehead atoms. The molecule has 1 aromatic rings. The van der Waals surface area contributed by atoms with Crippen molar-refractivity contribution in [1.29, 1.82) is 0 Å². The molecular formula is C11H16OS. The van der Waals surface area contributed by atoms with Crippen molar-refractivity contribution in [1.82, 2.24) is 0 Å². The Morgan fingerprint density at radius 1 is 1.23 bits per heavy atom. The molecule has 1 nitrogen and oxygen atoms in total. The van der Waals surface area contributed by atoms with Gasteiger partial charge in [0.15, 0.2) is 0 Å². The van der Waals surface area contributed by atoms with E-state index in [1.807, 2.05) is 26.0 Å². The highest BCUT2D eigenvalue weighted by molar-refractivity contribution is 7.80. The molecule has 0 aromatic heterocycles. The maximum absolute atomic E-state index is 9.54. The molecule has 0 saturated carbocycles. The summed E-state index contributed by atoms with van der Waals surface area (Å²) in [6.45, 7) is 3.87. The van der Waals surface area contributed by atoms with Gasteiger partial charge in [0.1, 0.15) is 5.75 Å². The van der Waals surface area contributed by atoms with Crippen molar-refractivity contribution in [3.63, 3.8) is 0 Å². The summed E-state index contributed by atoms with van der Waals surface area (Å²) in [5.41, 5.74) is 3.23. The van der Waals surface area contributed by atoms with E-state index in [1.54, 1.807) is 0 Å². The average Bonchev–Trinajstić information content (AvgIpc) is 2.10. The summed E-state index contributed by atoms with van der Waals surface area (Å²) in [4.78, 5) is 0. The zero-order chi connectivity index (χ0) is 9.84. The van der Waals surface area contributed by atoms with Crippen LogP contribution < -0.4 is 0 Å². The smallest absolute Gasteiger partial charge is 0.121 e. The molecule has 0 spiro atoms. The average molecular weight is 196 g/mol. The Hall–Kier alpha value is -0.630. The lowest BCUT2D eigenvalue weighted by atomic mass is 10.0. The third-order valence-corrected chi connectivity index (χ3v) is 2.49. The minimum absolute atomic E-state index is 0.426. The van der Waals surface area contributed by atoms with Crippen LogP contribution >= 0.6 is 12.6 Å². The monoisotopic (exact) mass is 196 g/mol. The van der Waals surface area contributed by atoms with E-state index >= 15 is 0 Å². The molecule has 0 aliphatic rings. The Balaban J connectivity index is 2.86. The number of hydrogen-bond donors (Lipinski definition) is 2. The van der Waals surface area contributed by atoms with E-state index < -0.39 is 0 Å². The molecule has 0 atom stereocenters. The number of phenols is 1. The standard InChI is InChI=1S/C11H16OS/c1-8-6-10(4-3-5-13)7-9(2)11(8)12/h6-7,12-13H,3-5H2,1-2H3. The lowest BCUT2D eigenvalue weighted by Crippen LogP contribution is -1.90. The van der Waals surface area contributed by atoms with E-state index in [0.29, 0.717) is 5.75 Å². The molecule has 2 heteroatoms. The zero-order valence-corrected chi connectivity index (χ0v) is 9.06. The van der Waals surface area contributed by atoms with E-state index in [-0.39, 0.29) is 0 Å². The van der Waals surface area contributed by atoms with Crippen LogP contribution in [0.4, 0.5) is 0 Å². The van der Waals surface area contributed by atoms with E-state index in [1.165, 1.54) is 5.56 Å². The molecule has 13 heavy (non-hydrogen) atoms. The van der Waals surface area contributed by atoms with Gasteiger partial charge in [-0.2, -0.15) is 12.6 Å². The lowest BCUT2D eigenvalue weighted by Gasteiger charge is -2.06. The predicted molar refractivity (Wildman–Crippen MR) is 59.8 cm³/mol. The highest BCUT2D eigenvalue weighted by atomic mass is 32.1. The van der Waals surface area contributed by atoms with Gasteiger partial charge in [-0.05, 0) is 49.1 Å². The van der Waals surface area contributed by atoms with Crippen LogP contribution in [0.1, 0.15) is 23.1 Å². The van der Waals surface area contributed by atoms with Gasteiger partial charge < -0.3 is 5.11 Å². The van der Waals surface area contributed by atoms with Crippen molar-refractivity contribution >= 4 is 12.6 Å². The summed E-state index contributed by atoms with van der Waals surface area (Å²) in [5.74, 6) is 1.34. The first-order valence-corrected chi connectivity index (χ1v) is 5.18. The topological polar surface area (TPSA) is 20.2 Å². The number of phenolic OH excluding ortho intramolecular Hbond substituents is 1. The fourth-order valence-electron chi connectivity index (χ4n) is 1.47. The van der Waals surface area contributed by atoms with Crippen LogP contribution in [0.25, 0.3) is 0 Å². The quantitative estimate of drug-likeness (QED) is 0.712. The zero-order valence-electron chi connectivity index (χ0n) is 8.17. The van der Waals surface area contributed by atoms with Crippen molar-refractivity contribution in [3.8, 4) is 5.75 Å². The molecule has 72 valence electrons. The van der Waals surface area contributed by atoms with Gasteiger partial charge in [-0.15, -0.1) is 0 Å². The van der Waals surface area contributed by atoms with Crippen LogP contribution in [-0.2, 0) is 6.42 Å². The summed E-state index contributed by atoms with van der Waals surface area (Å²) in [6, 6.07) is 4.09. The molecular weight excluding hydrogens is 180 g/mol. The summed E-state index contributed by atoms with van der Waals surface area (Å²) in [5, 5.41) is 9.54. The summed E-state index contributed by atoms with van der Waals surface area (Å²) >= 11 is 4.17. The van der Waals surface area contributed by atoms with E-state index in [9.17, 15) is 5.11 Å². The van der Waals surface area contributed by atoms with Gasteiger partial charge in [0, 0.05) is 0 Å². The second-order valence-corrected chi connectivity index (χ2v) is 3.85. The number of hydrogen-bond acceptors (Lipinski definition) is 2. The molecule has 0 heterocycles. The Morgan fingerprint density at radius 3 is 2.23 bits per heavy atom. The summed E-state index contributed by atoms with van der Waals surface area (Å²) in [6.07, 6.45) is 2.14. The van der Waals surface area contributed by atoms with Crippen LogP contribution in [0, 0.1) is 13.8 Å². The normalized spacial score (nSPS) is 10.4. The predicted octanol–water partition coefficient (Wildman–Crippen LogP) is 2.87. The fourth-order valence-corrected chi connectivity index (χ4v) is 1.63. The molecule has 0 saturated heterocycles. The highest BCUT2D eigenvalue weighted by Gasteiger charge is 2.02. The molecule has 0 aliphatic heterocycles. The van der Waals surface area contributed by atoms with E-state index in [2.05, 4.69) is 12.6 Å². The molecule has 0 amide bonds. The number of aromatic hydroxyl groups is 1. The Bertz CT molecular complexity index is 271. The number of benzene rings is 1. The fraction of sp³-hybridized carbons (Fsp3) is 0.455. The molecule has 0 aliphatic carbocycles. The van der Waals surface area contributed by atoms with Crippen molar-refractivity contribution < 1.29 is 5.11 Å². The molecule has 1 aromatic carbocycles. The summed E-state index contributed by atoms with van der Waals surface area (Å²) in [7, 11) is 0. The molecule has 1 rings (SSSR count). The third-order valence-electron chi connectivity index (χ3n) is 2.17. The Kier molecular flexibility index (Phi) is 3.67. The minimum Gasteiger partial charge on any atom is -0.507 e. The van der Waals surface area contributed by atoms with Crippen molar-refractivity contribution in [2.75, 3.05) is 5.75 Å². The van der Waals surface area contributed by atoms with Crippen molar-refractivity contribution in [3.05, 3.63) is 28.8 Å². The second kappa shape index (κ2) is 4.56. The first-order valence-electron chi connectivity index (χ1n) is 4.55. The van der Waals surface area contributed by atoms with E-state index in [0.717, 1.165) is 29.7 Å². The van der Waals surface area contributed by atoms with Gasteiger partial charge >= 0.3 is 0 Å². The van der Waals surface area contributed by atoms with Crippen LogP contribution in [0.5, 0.6) is 5.75 Å². The first kappa shape index (κ1) is 10.5. The van der Waals surface area contributed by atoms with Gasteiger partial charge in [-0.1, -0.05) is 12.1 Å². The van der Waals surface area contributed by atoms with Gasteiger partial charge in [-0.3, -0.25) is 0 Å². The third kappa shape index (κ3) is 2.66. The minimum atomic E-state index is 0.426. The SMILES string of the molecule is Cc1cc(CCCS)cc(C)c1O. The molecule has 0 unspecified atom stereocenters. The van der Waals surface area contributed by atoms with Crippen LogP contribution in [0.2, 0.25) is 0 Å². The van der Waals surface area contributed by atoms with Gasteiger partial charge in [0.2, 0.25) is 0 Å². The largest absolute Gasteiger partial charge is 0.507 e. The van der Waals surface area contributed by atoms with E-state index in [4.69, 9.17) is 0 Å². The second-order valence-electron chi connectivity index (χ2n) is 3.41. The van der Waals surface area contributed by atoms with Crippen molar-refractivity contribution in [2.45, 2.75) is 26.7 Å². The van der Waals surface area contributed by atoms with Gasteiger partial charge in [-0.25, -0.2) is 0 Å². The first-order chi connectivity index (χ1) is 6.15. The van der Waals surface area contributed by atoms with Gasteiger partial charge in [0.05, 0.1) is 0 Å². The number of rotatable bonds is 3. The lowest BCUT2D eigenvalue weighted by molar-refractivity contribution is 0.466. The number of aryl methyl sites for hydroxylation is 3. The Labute approximate surface area is 85.2 Å². The Morgan fingerprint density at radius 2 is 1.77 bits per heavy atom. The highest BCUT2D eigenvalue weighted by Crippen LogP contribution is 2.23. The number of thiol groups is 1. The molecule has 0 fully saturated rings. The molecule has 0 radical (unpaired) electrons. The van der Waals surface area contributed by atoms with Crippen LogP contribution in [-0.4, -0.2) is 10.9 Å². The maximum atomic E-state index is 9.54. The van der Waals surface area contributed by atoms with Crippen LogP contribution in [0.3, 0.4) is 0 Å². The summed E-state index contributed by atoms with van der Waals surface area (Å²) < 4.78 is 0. The molecule has 1 N–H and O–H groups in total. The maximum Gasteiger partial charge on any atom is 0.121 e. The van der Waals surface area contributed by atoms with Crippen LogP contribution in [0.15, 0.2) is 12.1 Å². The van der Waals surface area contributed by atoms with Gasteiger partial charge in [0.25, 0.3) is 0 Å².